The van der Waals surface area contributed by atoms with Gasteiger partial charge < -0.3 is 10.6 Å². The molecule has 2 aromatic carbocycles. The molecule has 122 valence electrons. The fourth-order valence-electron chi connectivity index (χ4n) is 2.20. The number of amides is 1. The standard InChI is InChI=1S/C19H15N5O/c20-12-15-7-4-8-16(11-15)22-19(25)17-9-10-18(24-23-17)21-13-14-5-2-1-3-6-14/h1-11H,13H2,(H,21,24)(H,22,25). The van der Waals surface area contributed by atoms with Gasteiger partial charge in [0.05, 0.1) is 11.6 Å². The van der Waals surface area contributed by atoms with Gasteiger partial charge in [-0.3, -0.25) is 4.79 Å². The highest BCUT2D eigenvalue weighted by Crippen LogP contribution is 2.12. The summed E-state index contributed by atoms with van der Waals surface area (Å²) in [5, 5.41) is 22.7. The van der Waals surface area contributed by atoms with E-state index in [1.807, 2.05) is 36.4 Å². The Labute approximate surface area is 145 Å². The molecule has 0 aliphatic carbocycles. The van der Waals surface area contributed by atoms with Gasteiger partial charge in [0.1, 0.15) is 5.82 Å². The van der Waals surface area contributed by atoms with Crippen molar-refractivity contribution >= 4 is 17.4 Å². The normalized spacial score (nSPS) is 9.88. The van der Waals surface area contributed by atoms with Crippen LogP contribution in [0.2, 0.25) is 0 Å². The zero-order chi connectivity index (χ0) is 17.5. The highest BCUT2D eigenvalue weighted by atomic mass is 16.1. The van der Waals surface area contributed by atoms with E-state index in [1.54, 1.807) is 36.4 Å². The summed E-state index contributed by atoms with van der Waals surface area (Å²) < 4.78 is 0. The molecule has 3 rings (SSSR count). The first-order valence-electron chi connectivity index (χ1n) is 7.67. The van der Waals surface area contributed by atoms with Gasteiger partial charge in [-0.1, -0.05) is 36.4 Å². The number of carbonyl (C=O) groups excluding carboxylic acids is 1. The Hall–Kier alpha value is -3.72. The summed E-state index contributed by atoms with van der Waals surface area (Å²) in [6.45, 7) is 0.627. The van der Waals surface area contributed by atoms with Crippen molar-refractivity contribution in [2.75, 3.05) is 10.6 Å². The lowest BCUT2D eigenvalue weighted by atomic mass is 10.2. The molecule has 6 heteroatoms. The molecule has 0 fully saturated rings. The molecule has 0 spiro atoms. The maximum Gasteiger partial charge on any atom is 0.276 e. The second kappa shape index (κ2) is 7.70. The smallest absolute Gasteiger partial charge is 0.276 e. The first-order valence-corrected chi connectivity index (χ1v) is 7.67. The summed E-state index contributed by atoms with van der Waals surface area (Å²) in [5.41, 5.74) is 2.34. The van der Waals surface area contributed by atoms with Crippen LogP contribution in [0.3, 0.4) is 0 Å². The number of hydrogen-bond donors (Lipinski definition) is 2. The number of carbonyl (C=O) groups is 1. The zero-order valence-corrected chi connectivity index (χ0v) is 13.3. The second-order valence-corrected chi connectivity index (χ2v) is 5.29. The topological polar surface area (TPSA) is 90.7 Å². The van der Waals surface area contributed by atoms with Crippen LogP contribution in [0.15, 0.2) is 66.7 Å². The molecule has 2 N–H and O–H groups in total. The Balaban J connectivity index is 1.61. The Morgan fingerprint density at radius 2 is 1.84 bits per heavy atom. The van der Waals surface area contributed by atoms with Gasteiger partial charge in [-0.25, -0.2) is 0 Å². The lowest BCUT2D eigenvalue weighted by Crippen LogP contribution is -2.15. The van der Waals surface area contributed by atoms with E-state index in [1.165, 1.54) is 0 Å². The SMILES string of the molecule is N#Cc1cccc(NC(=O)c2ccc(NCc3ccccc3)nn2)c1. The van der Waals surface area contributed by atoms with Crippen molar-refractivity contribution in [2.24, 2.45) is 0 Å². The van der Waals surface area contributed by atoms with Gasteiger partial charge in [0.25, 0.3) is 5.91 Å². The molecule has 0 aliphatic heterocycles. The van der Waals surface area contributed by atoms with Crippen LogP contribution in [0.5, 0.6) is 0 Å². The van der Waals surface area contributed by atoms with Gasteiger partial charge in [-0.2, -0.15) is 5.26 Å². The van der Waals surface area contributed by atoms with E-state index in [2.05, 4.69) is 20.8 Å². The lowest BCUT2D eigenvalue weighted by molar-refractivity contribution is 0.102. The number of anilines is 2. The Bertz CT molecular complexity index is 901. The molecule has 0 radical (unpaired) electrons. The van der Waals surface area contributed by atoms with E-state index in [-0.39, 0.29) is 11.6 Å². The Morgan fingerprint density at radius 1 is 1.00 bits per heavy atom. The monoisotopic (exact) mass is 329 g/mol. The van der Waals surface area contributed by atoms with Crippen molar-refractivity contribution in [1.29, 1.82) is 5.26 Å². The van der Waals surface area contributed by atoms with Crippen LogP contribution >= 0.6 is 0 Å². The van der Waals surface area contributed by atoms with Crippen molar-refractivity contribution < 1.29 is 4.79 Å². The Kier molecular flexibility index (Phi) is 4.98. The fourth-order valence-corrected chi connectivity index (χ4v) is 2.20. The van der Waals surface area contributed by atoms with E-state index in [9.17, 15) is 4.79 Å². The molecule has 0 bridgehead atoms. The molecular formula is C19H15N5O. The molecule has 0 atom stereocenters. The van der Waals surface area contributed by atoms with Crippen molar-refractivity contribution in [3.8, 4) is 6.07 Å². The van der Waals surface area contributed by atoms with Crippen LogP contribution in [-0.4, -0.2) is 16.1 Å². The number of nitriles is 1. The minimum absolute atomic E-state index is 0.202. The largest absolute Gasteiger partial charge is 0.365 e. The third kappa shape index (κ3) is 4.39. The van der Waals surface area contributed by atoms with E-state index in [0.29, 0.717) is 23.6 Å². The summed E-state index contributed by atoms with van der Waals surface area (Å²) in [4.78, 5) is 12.2. The average Bonchev–Trinajstić information content (AvgIpc) is 2.67. The molecule has 25 heavy (non-hydrogen) atoms. The quantitative estimate of drug-likeness (QED) is 0.750. The molecule has 1 heterocycles. The van der Waals surface area contributed by atoms with Gasteiger partial charge in [-0.15, -0.1) is 10.2 Å². The number of nitrogens with one attached hydrogen (secondary N) is 2. The molecule has 0 saturated carbocycles. The van der Waals surface area contributed by atoms with Crippen molar-refractivity contribution in [2.45, 2.75) is 6.54 Å². The lowest BCUT2D eigenvalue weighted by Gasteiger charge is -2.07. The highest BCUT2D eigenvalue weighted by molar-refractivity contribution is 6.02. The van der Waals surface area contributed by atoms with Crippen molar-refractivity contribution in [3.05, 3.63) is 83.6 Å². The molecule has 6 nitrogen and oxygen atoms in total. The number of hydrogen-bond acceptors (Lipinski definition) is 5. The predicted molar refractivity (Wildman–Crippen MR) is 94.9 cm³/mol. The number of nitrogens with zero attached hydrogens (tertiary/aromatic N) is 3. The zero-order valence-electron chi connectivity index (χ0n) is 13.3. The van der Waals surface area contributed by atoms with E-state index in [0.717, 1.165) is 5.56 Å². The first-order chi connectivity index (χ1) is 12.2. The van der Waals surface area contributed by atoms with Crippen molar-refractivity contribution in [3.63, 3.8) is 0 Å². The van der Waals surface area contributed by atoms with Crippen LogP contribution in [0, 0.1) is 11.3 Å². The molecule has 0 aliphatic rings. The summed E-state index contributed by atoms with van der Waals surface area (Å²) in [5.74, 6) is 0.212. The average molecular weight is 329 g/mol. The van der Waals surface area contributed by atoms with Crippen LogP contribution < -0.4 is 10.6 Å². The highest BCUT2D eigenvalue weighted by Gasteiger charge is 2.09. The van der Waals surface area contributed by atoms with Crippen LogP contribution in [0.4, 0.5) is 11.5 Å². The molecule has 3 aromatic rings. The van der Waals surface area contributed by atoms with Gasteiger partial charge in [-0.05, 0) is 35.9 Å². The molecule has 0 unspecified atom stereocenters. The van der Waals surface area contributed by atoms with E-state index >= 15 is 0 Å². The number of benzene rings is 2. The second-order valence-electron chi connectivity index (χ2n) is 5.29. The third-order valence-electron chi connectivity index (χ3n) is 3.46. The summed E-state index contributed by atoms with van der Waals surface area (Å²) >= 11 is 0. The molecule has 1 amide bonds. The van der Waals surface area contributed by atoms with E-state index < -0.39 is 0 Å². The van der Waals surface area contributed by atoms with Gasteiger partial charge in [0.15, 0.2) is 5.69 Å². The maximum absolute atomic E-state index is 12.2. The fraction of sp³-hybridized carbons (Fsp3) is 0.0526. The number of rotatable bonds is 5. The van der Waals surface area contributed by atoms with Crippen LogP contribution in [-0.2, 0) is 6.54 Å². The minimum atomic E-state index is -0.378. The molecular weight excluding hydrogens is 314 g/mol. The summed E-state index contributed by atoms with van der Waals surface area (Å²) in [7, 11) is 0. The van der Waals surface area contributed by atoms with Crippen LogP contribution in [0.25, 0.3) is 0 Å². The van der Waals surface area contributed by atoms with Gasteiger partial charge in [0, 0.05) is 12.2 Å². The Morgan fingerprint density at radius 3 is 2.56 bits per heavy atom. The van der Waals surface area contributed by atoms with Gasteiger partial charge in [0.2, 0.25) is 0 Å². The van der Waals surface area contributed by atoms with Gasteiger partial charge >= 0.3 is 0 Å². The third-order valence-corrected chi connectivity index (χ3v) is 3.46. The molecule has 1 aromatic heterocycles. The molecule has 0 saturated heterocycles. The van der Waals surface area contributed by atoms with Crippen molar-refractivity contribution in [1.82, 2.24) is 10.2 Å². The summed E-state index contributed by atoms with van der Waals surface area (Å²) in [6.07, 6.45) is 0. The van der Waals surface area contributed by atoms with Crippen LogP contribution in [0.1, 0.15) is 21.6 Å². The summed E-state index contributed by atoms with van der Waals surface area (Å²) in [6, 6.07) is 21.9. The maximum atomic E-state index is 12.2. The number of aromatic nitrogens is 2. The van der Waals surface area contributed by atoms with E-state index in [4.69, 9.17) is 5.26 Å². The minimum Gasteiger partial charge on any atom is -0.365 e. The predicted octanol–water partition coefficient (Wildman–Crippen LogP) is 3.21. The first kappa shape index (κ1) is 16.1.